The van der Waals surface area contributed by atoms with E-state index in [-0.39, 0.29) is 0 Å². The highest BCUT2D eigenvalue weighted by atomic mass is 32.2. The number of rotatable bonds is 3. The summed E-state index contributed by atoms with van der Waals surface area (Å²) in [6, 6.07) is 14.6. The Balaban J connectivity index is 1.65. The van der Waals surface area contributed by atoms with Crippen molar-refractivity contribution in [1.29, 1.82) is 0 Å². The highest BCUT2D eigenvalue weighted by Gasteiger charge is 2.15. The maximum Gasteiger partial charge on any atom is 0.135 e. The van der Waals surface area contributed by atoms with Crippen molar-refractivity contribution < 1.29 is 4.42 Å². The second-order valence-electron chi connectivity index (χ2n) is 5.42. The van der Waals surface area contributed by atoms with E-state index in [9.17, 15) is 0 Å². The van der Waals surface area contributed by atoms with E-state index in [0.29, 0.717) is 0 Å². The topological polar surface area (TPSA) is 25.2 Å². The van der Waals surface area contributed by atoms with Gasteiger partial charge in [-0.05, 0) is 48.1 Å². The van der Waals surface area contributed by atoms with Crippen molar-refractivity contribution >= 4 is 39.4 Å². The van der Waals surface area contributed by atoms with E-state index in [0.717, 1.165) is 23.6 Å². The van der Waals surface area contributed by atoms with Crippen LogP contribution in [-0.4, -0.2) is 18.1 Å². The first-order valence-corrected chi connectivity index (χ1v) is 8.28. The zero-order chi connectivity index (χ0) is 13.4. The predicted octanol–water partition coefficient (Wildman–Crippen LogP) is 4.75. The molecule has 2 nitrogen and oxygen atoms in total. The van der Waals surface area contributed by atoms with Gasteiger partial charge in [0.2, 0.25) is 0 Å². The molecule has 0 saturated carbocycles. The maximum absolute atomic E-state index is 5.85. The second-order valence-corrected chi connectivity index (χ2v) is 6.57. The molecule has 102 valence electrons. The summed E-state index contributed by atoms with van der Waals surface area (Å²) < 4.78 is 5.85. The van der Waals surface area contributed by atoms with Gasteiger partial charge in [-0.2, -0.15) is 11.8 Å². The molecule has 3 aromatic rings. The lowest BCUT2D eigenvalue weighted by atomic mass is 10.1. The Labute approximate surface area is 122 Å². The highest BCUT2D eigenvalue weighted by Crippen LogP contribution is 2.31. The summed E-state index contributed by atoms with van der Waals surface area (Å²) in [6.07, 6.45) is 1.34. The fraction of sp³-hybridized carbons (Fsp3) is 0.294. The largest absolute Gasteiger partial charge is 0.456 e. The van der Waals surface area contributed by atoms with Crippen LogP contribution in [0.3, 0.4) is 0 Å². The molecular weight excluding hydrogens is 266 g/mol. The average Bonchev–Trinajstić information content (AvgIpc) is 3.12. The van der Waals surface area contributed by atoms with Crippen LogP contribution in [0.4, 0.5) is 5.69 Å². The average molecular weight is 283 g/mol. The number of para-hydroxylation sites is 1. The van der Waals surface area contributed by atoms with Gasteiger partial charge in [0.15, 0.2) is 0 Å². The molecule has 0 spiro atoms. The molecule has 1 fully saturated rings. The smallest absolute Gasteiger partial charge is 0.135 e. The molecule has 20 heavy (non-hydrogen) atoms. The maximum atomic E-state index is 5.85. The lowest BCUT2D eigenvalue weighted by molar-refractivity contribution is 0.632. The highest BCUT2D eigenvalue weighted by molar-refractivity contribution is 7.99. The molecule has 0 radical (unpaired) electrons. The Hall–Kier alpha value is -1.61. The summed E-state index contributed by atoms with van der Waals surface area (Å²) in [6.45, 7) is 1.08. The number of fused-ring (bicyclic) bond motifs is 3. The Morgan fingerprint density at radius 2 is 2.00 bits per heavy atom. The molecule has 2 heterocycles. The van der Waals surface area contributed by atoms with Gasteiger partial charge >= 0.3 is 0 Å². The molecule has 1 aromatic heterocycles. The molecule has 0 aliphatic carbocycles. The van der Waals surface area contributed by atoms with Gasteiger partial charge in [-0.25, -0.2) is 0 Å². The van der Waals surface area contributed by atoms with E-state index in [4.69, 9.17) is 4.42 Å². The predicted molar refractivity (Wildman–Crippen MR) is 87.6 cm³/mol. The first-order chi connectivity index (χ1) is 9.90. The molecule has 2 aromatic carbocycles. The molecule has 4 rings (SSSR count). The molecule has 1 atom stereocenters. The van der Waals surface area contributed by atoms with Crippen LogP contribution in [0.15, 0.2) is 46.9 Å². The van der Waals surface area contributed by atoms with Crippen LogP contribution in [-0.2, 0) is 0 Å². The zero-order valence-corrected chi connectivity index (χ0v) is 12.1. The van der Waals surface area contributed by atoms with Crippen LogP contribution in [0.2, 0.25) is 0 Å². The van der Waals surface area contributed by atoms with Crippen molar-refractivity contribution in [1.82, 2.24) is 0 Å². The number of hydrogen-bond donors (Lipinski definition) is 1. The summed E-state index contributed by atoms with van der Waals surface area (Å²) in [7, 11) is 0. The molecule has 0 bridgehead atoms. The number of anilines is 1. The van der Waals surface area contributed by atoms with Gasteiger partial charge < -0.3 is 9.73 Å². The minimum absolute atomic E-state index is 0.816. The molecular formula is C17H17NOS. The molecule has 1 unspecified atom stereocenters. The summed E-state index contributed by atoms with van der Waals surface area (Å²) in [5, 5.41) is 5.98. The first kappa shape index (κ1) is 12.2. The Bertz CT molecular complexity index is 743. The Morgan fingerprint density at radius 3 is 2.90 bits per heavy atom. The van der Waals surface area contributed by atoms with E-state index in [1.54, 1.807) is 0 Å². The van der Waals surface area contributed by atoms with Gasteiger partial charge in [0.25, 0.3) is 0 Å². The fourth-order valence-electron chi connectivity index (χ4n) is 2.84. The van der Waals surface area contributed by atoms with Crippen molar-refractivity contribution in [3.05, 3.63) is 42.5 Å². The molecule has 0 amide bonds. The van der Waals surface area contributed by atoms with Gasteiger partial charge in [-0.15, -0.1) is 0 Å². The van der Waals surface area contributed by atoms with Crippen molar-refractivity contribution in [3.63, 3.8) is 0 Å². The first-order valence-electron chi connectivity index (χ1n) is 7.13. The van der Waals surface area contributed by atoms with Crippen molar-refractivity contribution in [2.45, 2.75) is 6.42 Å². The summed E-state index contributed by atoms with van der Waals surface area (Å²) in [5.41, 5.74) is 3.13. The number of furan rings is 1. The zero-order valence-electron chi connectivity index (χ0n) is 11.3. The fourth-order valence-corrected chi connectivity index (χ4v) is 4.13. The molecule has 3 heteroatoms. The van der Waals surface area contributed by atoms with Gasteiger partial charge in [0.1, 0.15) is 11.2 Å². The van der Waals surface area contributed by atoms with Crippen molar-refractivity contribution in [2.75, 3.05) is 23.4 Å². The van der Waals surface area contributed by atoms with Gasteiger partial charge in [-0.1, -0.05) is 18.2 Å². The third kappa shape index (κ3) is 2.16. The van der Waals surface area contributed by atoms with Crippen LogP contribution < -0.4 is 5.32 Å². The molecule has 1 N–H and O–H groups in total. The third-order valence-corrected chi connectivity index (χ3v) is 5.23. The van der Waals surface area contributed by atoms with Crippen LogP contribution >= 0.6 is 11.8 Å². The van der Waals surface area contributed by atoms with Crippen LogP contribution in [0.1, 0.15) is 6.42 Å². The normalized spacial score (nSPS) is 18.9. The van der Waals surface area contributed by atoms with Crippen LogP contribution in [0, 0.1) is 5.92 Å². The van der Waals surface area contributed by atoms with Crippen molar-refractivity contribution in [2.24, 2.45) is 5.92 Å². The Kier molecular flexibility index (Phi) is 3.07. The van der Waals surface area contributed by atoms with Crippen molar-refractivity contribution in [3.8, 4) is 0 Å². The summed E-state index contributed by atoms with van der Waals surface area (Å²) >= 11 is 2.07. The van der Waals surface area contributed by atoms with E-state index >= 15 is 0 Å². The van der Waals surface area contributed by atoms with Crippen LogP contribution in [0.5, 0.6) is 0 Å². The molecule has 1 saturated heterocycles. The van der Waals surface area contributed by atoms with Crippen LogP contribution in [0.25, 0.3) is 21.9 Å². The lowest BCUT2D eigenvalue weighted by Gasteiger charge is -2.11. The van der Waals surface area contributed by atoms with Gasteiger partial charge in [0, 0.05) is 23.0 Å². The standard InChI is InChI=1S/C17H17NOS/c1-2-4-16-14(3-1)15-9-13(5-6-17(15)19-16)18-10-12-7-8-20-11-12/h1-6,9,12,18H,7-8,10-11H2. The quantitative estimate of drug-likeness (QED) is 0.751. The number of thioether (sulfide) groups is 1. The lowest BCUT2D eigenvalue weighted by Crippen LogP contribution is -2.13. The SMILES string of the molecule is c1ccc2c(c1)oc1ccc(NCC3CCSC3)cc12. The Morgan fingerprint density at radius 1 is 1.10 bits per heavy atom. The van der Waals surface area contributed by atoms with Gasteiger partial charge in [0.05, 0.1) is 0 Å². The molecule has 1 aliphatic rings. The van der Waals surface area contributed by atoms with E-state index < -0.39 is 0 Å². The van der Waals surface area contributed by atoms with E-state index in [2.05, 4.69) is 47.4 Å². The third-order valence-electron chi connectivity index (χ3n) is 4.00. The monoisotopic (exact) mass is 283 g/mol. The minimum atomic E-state index is 0.816. The second kappa shape index (κ2) is 5.06. The minimum Gasteiger partial charge on any atom is -0.456 e. The van der Waals surface area contributed by atoms with E-state index in [1.165, 1.54) is 34.4 Å². The van der Waals surface area contributed by atoms with E-state index in [1.807, 2.05) is 12.1 Å². The number of hydrogen-bond acceptors (Lipinski definition) is 3. The summed E-state index contributed by atoms with van der Waals surface area (Å²) in [5.74, 6) is 3.43. The van der Waals surface area contributed by atoms with Gasteiger partial charge in [-0.3, -0.25) is 0 Å². The summed E-state index contributed by atoms with van der Waals surface area (Å²) in [4.78, 5) is 0. The number of nitrogens with one attached hydrogen (secondary N) is 1. The molecule has 1 aliphatic heterocycles. The number of benzene rings is 2.